The second kappa shape index (κ2) is 6.37. The molecule has 104 valence electrons. The normalized spacial score (nSPS) is 16.7. The summed E-state index contributed by atoms with van der Waals surface area (Å²) >= 11 is 1.18. The molecule has 0 amide bonds. The molecule has 1 aromatic heterocycles. The first-order chi connectivity index (χ1) is 9.12. The van der Waals surface area contributed by atoms with Crippen LogP contribution in [-0.4, -0.2) is 30.4 Å². The van der Waals surface area contributed by atoms with Gasteiger partial charge in [-0.25, -0.2) is 13.4 Å². The van der Waals surface area contributed by atoms with E-state index in [9.17, 15) is 8.42 Å². The Hall–Kier alpha value is -1.10. The molecule has 1 fully saturated rings. The lowest BCUT2D eigenvalue weighted by Gasteiger charge is -2.21. The standard InChI is InChI=1S/C12H16N2O3S2/c15-8-4-5-10-9-13-12(18-10)14-19(16,17)11-6-2-1-3-7-11/h9,11,15H,1-3,6-8H2,(H,13,14). The van der Waals surface area contributed by atoms with Crippen LogP contribution >= 0.6 is 11.3 Å². The molecule has 0 aromatic carbocycles. The van der Waals surface area contributed by atoms with E-state index in [1.54, 1.807) is 0 Å². The third-order valence-electron chi connectivity index (χ3n) is 3.02. The molecule has 0 spiro atoms. The van der Waals surface area contributed by atoms with E-state index in [-0.39, 0.29) is 11.9 Å². The maximum absolute atomic E-state index is 12.2. The summed E-state index contributed by atoms with van der Waals surface area (Å²) in [5.74, 6) is 5.20. The molecule has 1 aromatic rings. The van der Waals surface area contributed by atoms with Gasteiger partial charge in [0.2, 0.25) is 10.0 Å². The van der Waals surface area contributed by atoms with E-state index in [1.165, 1.54) is 17.5 Å². The van der Waals surface area contributed by atoms with Gasteiger partial charge in [0.25, 0.3) is 0 Å². The van der Waals surface area contributed by atoms with E-state index in [2.05, 4.69) is 21.5 Å². The van der Waals surface area contributed by atoms with Crippen LogP contribution in [0.4, 0.5) is 5.13 Å². The molecule has 0 bridgehead atoms. The van der Waals surface area contributed by atoms with Crippen LogP contribution < -0.4 is 4.72 Å². The number of nitrogens with zero attached hydrogens (tertiary/aromatic N) is 1. The highest BCUT2D eigenvalue weighted by molar-refractivity contribution is 7.93. The molecular weight excluding hydrogens is 284 g/mol. The summed E-state index contributed by atoms with van der Waals surface area (Å²) in [5.41, 5.74) is 0. The van der Waals surface area contributed by atoms with E-state index in [1.807, 2.05) is 0 Å². The molecule has 1 heterocycles. The van der Waals surface area contributed by atoms with Crippen LogP contribution in [0.2, 0.25) is 0 Å². The summed E-state index contributed by atoms with van der Waals surface area (Å²) in [4.78, 5) is 4.63. The maximum atomic E-state index is 12.2. The molecule has 2 rings (SSSR count). The zero-order chi connectivity index (χ0) is 13.7. The van der Waals surface area contributed by atoms with Gasteiger partial charge in [-0.05, 0) is 12.8 Å². The number of hydrogen-bond donors (Lipinski definition) is 2. The highest BCUT2D eigenvalue weighted by atomic mass is 32.2. The van der Waals surface area contributed by atoms with Crippen molar-refractivity contribution in [3.8, 4) is 11.8 Å². The van der Waals surface area contributed by atoms with Crippen LogP contribution in [0.5, 0.6) is 0 Å². The molecule has 0 saturated heterocycles. The van der Waals surface area contributed by atoms with Gasteiger partial charge in [-0.1, -0.05) is 42.4 Å². The smallest absolute Gasteiger partial charge is 0.237 e. The second-order valence-electron chi connectivity index (χ2n) is 4.40. The molecule has 19 heavy (non-hydrogen) atoms. The van der Waals surface area contributed by atoms with E-state index in [0.29, 0.717) is 10.0 Å². The maximum Gasteiger partial charge on any atom is 0.237 e. The molecule has 5 nitrogen and oxygen atoms in total. The van der Waals surface area contributed by atoms with Gasteiger partial charge in [0.15, 0.2) is 5.13 Å². The number of anilines is 1. The van der Waals surface area contributed by atoms with Gasteiger partial charge in [0, 0.05) is 0 Å². The average molecular weight is 300 g/mol. The van der Waals surface area contributed by atoms with Crippen LogP contribution in [-0.2, 0) is 10.0 Å². The lowest BCUT2D eigenvalue weighted by molar-refractivity contribution is 0.350. The van der Waals surface area contributed by atoms with Crippen molar-refractivity contribution in [2.45, 2.75) is 37.4 Å². The van der Waals surface area contributed by atoms with E-state index >= 15 is 0 Å². The Bertz CT molecular complexity index is 578. The molecule has 7 heteroatoms. The Morgan fingerprint density at radius 1 is 1.42 bits per heavy atom. The predicted octanol–water partition coefficient (Wildman–Crippen LogP) is 1.56. The molecule has 2 N–H and O–H groups in total. The van der Waals surface area contributed by atoms with Crippen LogP contribution in [0.3, 0.4) is 0 Å². The Morgan fingerprint density at radius 2 is 2.16 bits per heavy atom. The fraction of sp³-hybridized carbons (Fsp3) is 0.583. The summed E-state index contributed by atoms with van der Waals surface area (Å²) in [7, 11) is -3.34. The number of aliphatic hydroxyl groups is 1. The third kappa shape index (κ3) is 3.93. The van der Waals surface area contributed by atoms with Gasteiger partial charge < -0.3 is 5.11 Å². The second-order valence-corrected chi connectivity index (χ2v) is 7.39. The molecule has 0 unspecified atom stereocenters. The van der Waals surface area contributed by atoms with Crippen LogP contribution in [0.25, 0.3) is 0 Å². The first-order valence-corrected chi connectivity index (χ1v) is 8.55. The van der Waals surface area contributed by atoms with Gasteiger partial charge in [0.1, 0.15) is 6.61 Å². The number of rotatable bonds is 3. The largest absolute Gasteiger partial charge is 0.384 e. The molecule has 1 aliphatic carbocycles. The summed E-state index contributed by atoms with van der Waals surface area (Å²) in [6, 6.07) is 0. The predicted molar refractivity (Wildman–Crippen MR) is 75.5 cm³/mol. The zero-order valence-electron chi connectivity index (χ0n) is 10.4. The summed E-state index contributed by atoms with van der Waals surface area (Å²) in [6.45, 7) is -0.221. The van der Waals surface area contributed by atoms with Gasteiger partial charge in [0.05, 0.1) is 16.3 Å². The molecular formula is C12H16N2O3S2. The van der Waals surface area contributed by atoms with E-state index in [4.69, 9.17) is 5.11 Å². The monoisotopic (exact) mass is 300 g/mol. The van der Waals surface area contributed by atoms with Crippen molar-refractivity contribution >= 4 is 26.5 Å². The first kappa shape index (κ1) is 14.3. The van der Waals surface area contributed by atoms with Crippen molar-refractivity contribution in [3.63, 3.8) is 0 Å². The van der Waals surface area contributed by atoms with Gasteiger partial charge in [-0.3, -0.25) is 4.72 Å². The number of aromatic nitrogens is 1. The summed E-state index contributed by atoms with van der Waals surface area (Å²) in [5, 5.41) is 8.62. The Labute approximate surface area is 117 Å². The first-order valence-electron chi connectivity index (χ1n) is 6.19. The Morgan fingerprint density at radius 3 is 2.84 bits per heavy atom. The zero-order valence-corrected chi connectivity index (χ0v) is 12.1. The topological polar surface area (TPSA) is 79.3 Å². The minimum Gasteiger partial charge on any atom is -0.384 e. The Balaban J connectivity index is 2.05. The molecule has 0 radical (unpaired) electrons. The highest BCUT2D eigenvalue weighted by Crippen LogP contribution is 2.26. The third-order valence-corrected chi connectivity index (χ3v) is 5.80. The van der Waals surface area contributed by atoms with Crippen molar-refractivity contribution in [1.29, 1.82) is 0 Å². The van der Waals surface area contributed by atoms with Gasteiger partial charge in [-0.15, -0.1) is 0 Å². The van der Waals surface area contributed by atoms with Crippen LogP contribution in [0, 0.1) is 11.8 Å². The molecule has 1 saturated carbocycles. The van der Waals surface area contributed by atoms with Crippen molar-refractivity contribution in [2.24, 2.45) is 0 Å². The van der Waals surface area contributed by atoms with Crippen molar-refractivity contribution in [2.75, 3.05) is 11.3 Å². The summed E-state index contributed by atoms with van der Waals surface area (Å²) < 4.78 is 26.8. The highest BCUT2D eigenvalue weighted by Gasteiger charge is 2.27. The molecule has 0 atom stereocenters. The minimum absolute atomic E-state index is 0.221. The van der Waals surface area contributed by atoms with Crippen molar-refractivity contribution in [3.05, 3.63) is 11.1 Å². The lowest BCUT2D eigenvalue weighted by atomic mass is 10.0. The number of thiazole rings is 1. The molecule has 0 aliphatic heterocycles. The van der Waals surface area contributed by atoms with Crippen molar-refractivity contribution < 1.29 is 13.5 Å². The fourth-order valence-electron chi connectivity index (χ4n) is 2.09. The van der Waals surface area contributed by atoms with Crippen LogP contribution in [0.1, 0.15) is 37.0 Å². The van der Waals surface area contributed by atoms with E-state index in [0.717, 1.165) is 32.1 Å². The number of hydrogen-bond acceptors (Lipinski definition) is 5. The Kier molecular flexibility index (Phi) is 4.80. The lowest BCUT2D eigenvalue weighted by Crippen LogP contribution is -2.29. The number of nitrogens with one attached hydrogen (secondary N) is 1. The quantitative estimate of drug-likeness (QED) is 0.830. The van der Waals surface area contributed by atoms with Crippen molar-refractivity contribution in [1.82, 2.24) is 4.98 Å². The van der Waals surface area contributed by atoms with E-state index < -0.39 is 10.0 Å². The SMILES string of the molecule is O=S(=O)(Nc1ncc(C#CCO)s1)C1CCCCC1. The fourth-order valence-corrected chi connectivity index (χ4v) is 4.56. The van der Waals surface area contributed by atoms with Gasteiger partial charge >= 0.3 is 0 Å². The number of aliphatic hydroxyl groups excluding tert-OH is 1. The number of sulfonamides is 1. The van der Waals surface area contributed by atoms with Gasteiger partial charge in [-0.2, -0.15) is 0 Å². The molecule has 1 aliphatic rings. The average Bonchev–Trinajstić information content (AvgIpc) is 2.84. The minimum atomic E-state index is -3.34. The van der Waals surface area contributed by atoms with Crippen LogP contribution in [0.15, 0.2) is 6.20 Å². The summed E-state index contributed by atoms with van der Waals surface area (Å²) in [6.07, 6.45) is 6.00.